The highest BCUT2D eigenvalue weighted by Crippen LogP contribution is 2.19. The van der Waals surface area contributed by atoms with Crippen LogP contribution in [0.1, 0.15) is 29.1 Å². The van der Waals surface area contributed by atoms with Crippen molar-refractivity contribution in [2.24, 2.45) is 0 Å². The molecule has 0 atom stereocenters. The van der Waals surface area contributed by atoms with Gasteiger partial charge >= 0.3 is 0 Å². The molecule has 0 spiro atoms. The summed E-state index contributed by atoms with van der Waals surface area (Å²) < 4.78 is 1.86. The lowest BCUT2D eigenvalue weighted by Crippen LogP contribution is -2.39. The number of aromatic amines is 1. The van der Waals surface area contributed by atoms with Crippen LogP contribution >= 0.6 is 0 Å². The predicted molar refractivity (Wildman–Crippen MR) is 106 cm³/mol. The molecule has 144 valence electrons. The van der Waals surface area contributed by atoms with Gasteiger partial charge in [0.2, 0.25) is 5.91 Å². The highest BCUT2D eigenvalue weighted by Gasteiger charge is 2.24. The third-order valence-electron chi connectivity index (χ3n) is 5.11. The van der Waals surface area contributed by atoms with Gasteiger partial charge in [0.15, 0.2) is 0 Å². The first-order valence-corrected chi connectivity index (χ1v) is 9.47. The molecular formula is C21H23N5O2. The van der Waals surface area contributed by atoms with E-state index in [1.807, 2.05) is 54.9 Å². The van der Waals surface area contributed by atoms with E-state index in [1.165, 1.54) is 0 Å². The molecule has 0 unspecified atom stereocenters. The van der Waals surface area contributed by atoms with Crippen LogP contribution in [0, 0.1) is 13.8 Å². The Labute approximate surface area is 163 Å². The van der Waals surface area contributed by atoms with Gasteiger partial charge in [0, 0.05) is 36.3 Å². The number of H-pyrrole nitrogens is 1. The lowest BCUT2D eigenvalue weighted by molar-refractivity contribution is -0.132. The lowest BCUT2D eigenvalue weighted by atomic mass is 10.1. The Balaban J connectivity index is 1.50. The second-order valence-corrected chi connectivity index (χ2v) is 7.17. The van der Waals surface area contributed by atoms with Crippen LogP contribution in [0.3, 0.4) is 0 Å². The first-order valence-electron chi connectivity index (χ1n) is 9.47. The van der Waals surface area contributed by atoms with Crippen molar-refractivity contribution in [1.82, 2.24) is 24.6 Å². The fourth-order valence-electron chi connectivity index (χ4n) is 3.65. The normalized spacial score (nSPS) is 13.4. The Morgan fingerprint density at radius 3 is 2.71 bits per heavy atom. The zero-order chi connectivity index (χ0) is 19.7. The van der Waals surface area contributed by atoms with E-state index in [2.05, 4.69) is 15.1 Å². The molecule has 1 amide bonds. The first kappa shape index (κ1) is 18.2. The Hall–Kier alpha value is -3.22. The van der Waals surface area contributed by atoms with Crippen LogP contribution in [-0.4, -0.2) is 37.1 Å². The molecule has 7 heteroatoms. The zero-order valence-corrected chi connectivity index (χ0v) is 16.1. The van der Waals surface area contributed by atoms with Crippen LogP contribution in [-0.2, 0) is 24.3 Å². The summed E-state index contributed by atoms with van der Waals surface area (Å²) in [4.78, 5) is 34.5. The summed E-state index contributed by atoms with van der Waals surface area (Å²) in [5, 5.41) is 4.41. The van der Waals surface area contributed by atoms with Gasteiger partial charge in [-0.1, -0.05) is 30.3 Å². The average Bonchev–Trinajstić information content (AvgIpc) is 3.03. The Morgan fingerprint density at radius 2 is 2.00 bits per heavy atom. The minimum atomic E-state index is -0.112. The molecule has 4 rings (SSSR count). The van der Waals surface area contributed by atoms with E-state index in [0.717, 1.165) is 17.0 Å². The molecule has 0 aliphatic carbocycles. The zero-order valence-electron chi connectivity index (χ0n) is 16.1. The van der Waals surface area contributed by atoms with E-state index >= 15 is 0 Å². The van der Waals surface area contributed by atoms with Crippen LogP contribution in [0.4, 0.5) is 0 Å². The smallest absolute Gasteiger partial charge is 0.254 e. The van der Waals surface area contributed by atoms with Crippen LogP contribution in [0.2, 0.25) is 0 Å². The van der Waals surface area contributed by atoms with Crippen molar-refractivity contribution in [2.75, 3.05) is 6.54 Å². The number of rotatable bonds is 4. The van der Waals surface area contributed by atoms with Gasteiger partial charge in [-0.3, -0.25) is 14.3 Å². The van der Waals surface area contributed by atoms with Crippen LogP contribution < -0.4 is 5.56 Å². The number of nitrogens with one attached hydrogen (secondary N) is 1. The number of nitrogens with zero attached hydrogens (tertiary/aromatic N) is 4. The van der Waals surface area contributed by atoms with Crippen molar-refractivity contribution >= 4 is 5.91 Å². The van der Waals surface area contributed by atoms with Crippen molar-refractivity contribution in [3.8, 4) is 11.4 Å². The van der Waals surface area contributed by atoms with Gasteiger partial charge in [0.25, 0.3) is 5.56 Å². The molecule has 0 bridgehead atoms. The van der Waals surface area contributed by atoms with Crippen molar-refractivity contribution in [2.45, 2.75) is 39.8 Å². The largest absolute Gasteiger partial charge is 0.336 e. The summed E-state index contributed by atoms with van der Waals surface area (Å²) in [6, 6.07) is 11.6. The van der Waals surface area contributed by atoms with Gasteiger partial charge in [-0.25, -0.2) is 4.98 Å². The van der Waals surface area contributed by atoms with E-state index in [1.54, 1.807) is 4.90 Å². The number of carbonyl (C=O) groups is 1. The summed E-state index contributed by atoms with van der Waals surface area (Å²) in [7, 11) is 0. The first-order chi connectivity index (χ1) is 13.5. The summed E-state index contributed by atoms with van der Waals surface area (Å²) in [5.41, 5.74) is 4.12. The van der Waals surface area contributed by atoms with Crippen LogP contribution in [0.25, 0.3) is 11.4 Å². The third-order valence-corrected chi connectivity index (χ3v) is 5.11. The standard InChI is InChI=1S/C21H23N5O2/c1-14-12-15(2)26(24-14)11-9-19(27)25-10-8-17-18(13-25)22-20(23-21(17)28)16-6-4-3-5-7-16/h3-7,12H,8-11,13H2,1-2H3,(H,22,23,28). The van der Waals surface area contributed by atoms with Crippen molar-refractivity contribution < 1.29 is 4.79 Å². The number of carbonyl (C=O) groups excluding carboxylic acids is 1. The minimum Gasteiger partial charge on any atom is -0.336 e. The number of aromatic nitrogens is 4. The monoisotopic (exact) mass is 377 g/mol. The average molecular weight is 377 g/mol. The maximum atomic E-state index is 12.7. The van der Waals surface area contributed by atoms with Crippen molar-refractivity contribution in [3.05, 3.63) is 69.4 Å². The van der Waals surface area contributed by atoms with Gasteiger partial charge in [-0.05, 0) is 26.3 Å². The second kappa shape index (κ2) is 7.42. The fraction of sp³-hybridized carbons (Fsp3) is 0.333. The molecule has 0 fully saturated rings. The molecule has 3 heterocycles. The SMILES string of the molecule is Cc1cc(C)n(CCC(=O)N2CCc3c(nc(-c4ccccc4)[nH]c3=O)C2)n1. The Morgan fingerprint density at radius 1 is 1.21 bits per heavy atom. The van der Waals surface area contributed by atoms with Crippen LogP contribution in [0.15, 0.2) is 41.2 Å². The van der Waals surface area contributed by atoms with Gasteiger partial charge in [-0.15, -0.1) is 0 Å². The molecule has 28 heavy (non-hydrogen) atoms. The number of benzene rings is 1. The van der Waals surface area contributed by atoms with E-state index in [9.17, 15) is 9.59 Å². The number of fused-ring (bicyclic) bond motifs is 1. The number of hydrogen-bond donors (Lipinski definition) is 1. The maximum absolute atomic E-state index is 12.7. The molecule has 3 aromatic rings. The molecule has 1 aliphatic rings. The molecule has 7 nitrogen and oxygen atoms in total. The number of amides is 1. The molecule has 1 aromatic carbocycles. The minimum absolute atomic E-state index is 0.0570. The van der Waals surface area contributed by atoms with E-state index in [0.29, 0.717) is 49.6 Å². The quantitative estimate of drug-likeness (QED) is 0.756. The van der Waals surface area contributed by atoms with E-state index in [-0.39, 0.29) is 11.5 Å². The molecule has 0 radical (unpaired) electrons. The summed E-state index contributed by atoms with van der Waals surface area (Å²) in [5.74, 6) is 0.600. The van der Waals surface area contributed by atoms with E-state index < -0.39 is 0 Å². The number of aryl methyl sites for hydroxylation is 3. The maximum Gasteiger partial charge on any atom is 0.254 e. The molecular weight excluding hydrogens is 354 g/mol. The highest BCUT2D eigenvalue weighted by atomic mass is 16.2. The Kier molecular flexibility index (Phi) is 4.81. The predicted octanol–water partition coefficient (Wildman–Crippen LogP) is 2.23. The summed E-state index contributed by atoms with van der Waals surface area (Å²) >= 11 is 0. The van der Waals surface area contributed by atoms with Gasteiger partial charge in [-0.2, -0.15) is 5.10 Å². The van der Waals surface area contributed by atoms with Gasteiger partial charge in [0.05, 0.1) is 17.9 Å². The lowest BCUT2D eigenvalue weighted by Gasteiger charge is -2.28. The summed E-state index contributed by atoms with van der Waals surface area (Å²) in [6.07, 6.45) is 0.907. The van der Waals surface area contributed by atoms with Gasteiger partial charge in [0.1, 0.15) is 5.82 Å². The second-order valence-electron chi connectivity index (χ2n) is 7.17. The summed E-state index contributed by atoms with van der Waals surface area (Å²) in [6.45, 7) is 5.40. The topological polar surface area (TPSA) is 83.9 Å². The highest BCUT2D eigenvalue weighted by molar-refractivity contribution is 5.76. The van der Waals surface area contributed by atoms with Crippen molar-refractivity contribution in [1.29, 1.82) is 0 Å². The molecule has 2 aromatic heterocycles. The Bertz CT molecular complexity index is 1070. The molecule has 0 saturated carbocycles. The molecule has 1 aliphatic heterocycles. The van der Waals surface area contributed by atoms with Crippen LogP contribution in [0.5, 0.6) is 0 Å². The molecule has 1 N–H and O–H groups in total. The number of hydrogen-bond acceptors (Lipinski definition) is 4. The van der Waals surface area contributed by atoms with Crippen molar-refractivity contribution in [3.63, 3.8) is 0 Å². The molecule has 0 saturated heterocycles. The van der Waals surface area contributed by atoms with E-state index in [4.69, 9.17) is 0 Å². The van der Waals surface area contributed by atoms with Gasteiger partial charge < -0.3 is 9.88 Å². The fourth-order valence-corrected chi connectivity index (χ4v) is 3.65. The third kappa shape index (κ3) is 3.60.